The topological polar surface area (TPSA) is 53.5 Å². The van der Waals surface area contributed by atoms with Crippen molar-refractivity contribution in [2.24, 2.45) is 4.99 Å². The highest BCUT2D eigenvalue weighted by atomic mass is 19.4. The highest BCUT2D eigenvalue weighted by Gasteiger charge is 2.42. The Morgan fingerprint density at radius 1 is 1.21 bits per heavy atom. The molecule has 1 aromatic rings. The molecule has 0 radical (unpaired) electrons. The van der Waals surface area contributed by atoms with E-state index in [1.54, 1.807) is 6.92 Å². The Hall–Kier alpha value is -2.05. The molecule has 1 aromatic carbocycles. The molecule has 1 aliphatic heterocycles. The summed E-state index contributed by atoms with van der Waals surface area (Å²) in [4.78, 5) is 15.7. The maximum atomic E-state index is 12.5. The molecule has 0 aliphatic carbocycles. The van der Waals surface area contributed by atoms with Crippen molar-refractivity contribution in [3.63, 3.8) is 0 Å². The van der Waals surface area contributed by atoms with Gasteiger partial charge < -0.3 is 5.32 Å². The number of halogens is 3. The first-order chi connectivity index (χ1) is 8.77. The summed E-state index contributed by atoms with van der Waals surface area (Å²) >= 11 is 0. The van der Waals surface area contributed by atoms with E-state index in [4.69, 9.17) is 0 Å². The Balaban J connectivity index is 2.35. The summed E-state index contributed by atoms with van der Waals surface area (Å²) in [6.45, 7) is 1.59. The van der Waals surface area contributed by atoms with Crippen LogP contribution in [-0.2, 0) is 16.5 Å². The summed E-state index contributed by atoms with van der Waals surface area (Å²) in [7, 11) is 1.50. The van der Waals surface area contributed by atoms with E-state index >= 15 is 0 Å². The smallest absolute Gasteiger partial charge is 0.338 e. The molecular weight excluding hydrogens is 259 g/mol. The van der Waals surface area contributed by atoms with Gasteiger partial charge >= 0.3 is 6.18 Å². The van der Waals surface area contributed by atoms with Crippen molar-refractivity contribution in [1.82, 2.24) is 10.6 Å². The number of aliphatic imine (C=N–C) groups is 1. The van der Waals surface area contributed by atoms with E-state index in [9.17, 15) is 18.0 Å². The number of amides is 1. The number of benzene rings is 1. The normalized spacial score (nSPS) is 25.3. The summed E-state index contributed by atoms with van der Waals surface area (Å²) in [6.07, 6.45) is -4.39. The zero-order valence-electron chi connectivity index (χ0n) is 10.3. The highest BCUT2D eigenvalue weighted by Crippen LogP contribution is 2.31. The number of alkyl halides is 3. The van der Waals surface area contributed by atoms with Gasteiger partial charge in [0.2, 0.25) is 0 Å². The summed E-state index contributed by atoms with van der Waals surface area (Å²) in [5, 5.41) is 5.36. The third kappa shape index (κ3) is 2.27. The number of carbonyl (C=O) groups excluding carboxylic acids is 1. The Kier molecular flexibility index (Phi) is 3.00. The Labute approximate surface area is 107 Å². The quantitative estimate of drug-likeness (QED) is 0.815. The fourth-order valence-electron chi connectivity index (χ4n) is 1.86. The van der Waals surface area contributed by atoms with Crippen LogP contribution in [0.1, 0.15) is 18.1 Å². The highest BCUT2D eigenvalue weighted by molar-refractivity contribution is 6.09. The number of guanidine groups is 1. The third-order valence-electron chi connectivity index (χ3n) is 3.07. The van der Waals surface area contributed by atoms with E-state index in [2.05, 4.69) is 15.6 Å². The van der Waals surface area contributed by atoms with Crippen molar-refractivity contribution in [3.8, 4) is 0 Å². The van der Waals surface area contributed by atoms with Crippen LogP contribution in [0.25, 0.3) is 0 Å². The molecule has 4 nitrogen and oxygen atoms in total. The van der Waals surface area contributed by atoms with Crippen molar-refractivity contribution >= 4 is 11.9 Å². The standard InChI is InChI=1S/C12H12F3N3O/c1-11(9(19)17-10(16-2)18-11)7-3-5-8(6-4-7)12(13,14)15/h3-6H,1-2H3,(H2,16,17,18,19). The lowest BCUT2D eigenvalue weighted by Crippen LogP contribution is -2.40. The van der Waals surface area contributed by atoms with Gasteiger partial charge in [0.05, 0.1) is 5.56 Å². The van der Waals surface area contributed by atoms with Crippen LogP contribution in [0, 0.1) is 0 Å². The summed E-state index contributed by atoms with van der Waals surface area (Å²) in [5.41, 5.74) is -1.42. The van der Waals surface area contributed by atoms with Crippen LogP contribution in [0.5, 0.6) is 0 Å². The predicted molar refractivity (Wildman–Crippen MR) is 63.4 cm³/mol. The largest absolute Gasteiger partial charge is 0.416 e. The predicted octanol–water partition coefficient (Wildman–Crippen LogP) is 1.63. The summed E-state index contributed by atoms with van der Waals surface area (Å²) < 4.78 is 37.4. The van der Waals surface area contributed by atoms with Gasteiger partial charge in [-0.05, 0) is 24.6 Å². The molecule has 1 amide bonds. The van der Waals surface area contributed by atoms with Gasteiger partial charge in [0.1, 0.15) is 5.54 Å². The van der Waals surface area contributed by atoms with Crippen LogP contribution in [0.4, 0.5) is 13.2 Å². The minimum atomic E-state index is -4.39. The van der Waals surface area contributed by atoms with E-state index in [1.165, 1.54) is 19.2 Å². The number of rotatable bonds is 1. The molecule has 0 saturated carbocycles. The van der Waals surface area contributed by atoms with Crippen LogP contribution < -0.4 is 10.6 Å². The lowest BCUT2D eigenvalue weighted by atomic mass is 9.91. The van der Waals surface area contributed by atoms with Crippen molar-refractivity contribution < 1.29 is 18.0 Å². The van der Waals surface area contributed by atoms with Crippen molar-refractivity contribution in [3.05, 3.63) is 35.4 Å². The van der Waals surface area contributed by atoms with Crippen molar-refractivity contribution in [1.29, 1.82) is 0 Å². The molecule has 7 heteroatoms. The van der Waals surface area contributed by atoms with Gasteiger partial charge in [-0.2, -0.15) is 13.2 Å². The number of hydrogen-bond acceptors (Lipinski definition) is 2. The number of nitrogens with one attached hydrogen (secondary N) is 2. The lowest BCUT2D eigenvalue weighted by Gasteiger charge is -2.22. The third-order valence-corrected chi connectivity index (χ3v) is 3.07. The lowest BCUT2D eigenvalue weighted by molar-refractivity contribution is -0.137. The maximum absolute atomic E-state index is 12.5. The van der Waals surface area contributed by atoms with Crippen molar-refractivity contribution in [2.45, 2.75) is 18.6 Å². The van der Waals surface area contributed by atoms with Gasteiger partial charge in [0, 0.05) is 7.05 Å². The molecule has 1 unspecified atom stereocenters. The van der Waals surface area contributed by atoms with E-state index in [1.807, 2.05) is 0 Å². The molecule has 102 valence electrons. The van der Waals surface area contributed by atoms with Gasteiger partial charge in [-0.3, -0.25) is 15.1 Å². The Morgan fingerprint density at radius 2 is 1.79 bits per heavy atom. The number of hydrogen-bond donors (Lipinski definition) is 2. The van der Waals surface area contributed by atoms with E-state index in [-0.39, 0.29) is 5.91 Å². The fourth-order valence-corrected chi connectivity index (χ4v) is 1.86. The minimum Gasteiger partial charge on any atom is -0.338 e. The molecule has 0 aromatic heterocycles. The second-order valence-corrected chi connectivity index (χ2v) is 4.35. The van der Waals surface area contributed by atoms with E-state index in [0.717, 1.165) is 12.1 Å². The molecule has 0 bridgehead atoms. The average Bonchev–Trinajstić information content (AvgIpc) is 2.65. The molecule has 1 saturated heterocycles. The van der Waals surface area contributed by atoms with Crippen LogP contribution in [0.15, 0.2) is 29.3 Å². The molecule has 1 atom stereocenters. The zero-order valence-corrected chi connectivity index (χ0v) is 10.3. The molecule has 1 fully saturated rings. The van der Waals surface area contributed by atoms with E-state index < -0.39 is 17.3 Å². The molecule has 1 aliphatic rings. The molecule has 2 N–H and O–H groups in total. The zero-order chi connectivity index (χ0) is 14.3. The van der Waals surface area contributed by atoms with Gasteiger partial charge in [-0.25, -0.2) is 0 Å². The molecule has 19 heavy (non-hydrogen) atoms. The molecule has 2 rings (SSSR count). The first kappa shape index (κ1) is 13.4. The van der Waals surface area contributed by atoms with Crippen molar-refractivity contribution in [2.75, 3.05) is 7.05 Å². The van der Waals surface area contributed by atoms with Crippen LogP contribution in [0.3, 0.4) is 0 Å². The van der Waals surface area contributed by atoms with Crippen LogP contribution >= 0.6 is 0 Å². The van der Waals surface area contributed by atoms with Gasteiger partial charge in [0.15, 0.2) is 5.96 Å². The first-order valence-electron chi connectivity index (χ1n) is 5.51. The van der Waals surface area contributed by atoms with Crippen LogP contribution in [0.2, 0.25) is 0 Å². The van der Waals surface area contributed by atoms with E-state index in [0.29, 0.717) is 11.5 Å². The maximum Gasteiger partial charge on any atom is 0.416 e. The number of nitrogens with zero attached hydrogens (tertiary/aromatic N) is 1. The SMILES string of the molecule is CN=C1NC(=O)C(C)(c2ccc(C(F)(F)F)cc2)N1. The second kappa shape index (κ2) is 4.25. The molecular formula is C12H12F3N3O. The molecule has 1 heterocycles. The Morgan fingerprint density at radius 3 is 2.21 bits per heavy atom. The second-order valence-electron chi connectivity index (χ2n) is 4.35. The summed E-state index contributed by atoms with van der Waals surface area (Å²) in [6, 6.07) is 4.48. The van der Waals surface area contributed by atoms with Crippen LogP contribution in [-0.4, -0.2) is 18.9 Å². The minimum absolute atomic E-state index is 0.299. The molecule has 0 spiro atoms. The fraction of sp³-hybridized carbons (Fsp3) is 0.333. The average molecular weight is 271 g/mol. The first-order valence-corrected chi connectivity index (χ1v) is 5.51. The van der Waals surface area contributed by atoms with Gasteiger partial charge in [-0.1, -0.05) is 12.1 Å². The monoisotopic (exact) mass is 271 g/mol. The van der Waals surface area contributed by atoms with Gasteiger partial charge in [0.25, 0.3) is 5.91 Å². The van der Waals surface area contributed by atoms with Gasteiger partial charge in [-0.15, -0.1) is 0 Å². The Bertz CT molecular complexity index is 536. The number of carbonyl (C=O) groups is 1. The summed E-state index contributed by atoms with van der Waals surface area (Å²) in [5.74, 6) is -0.0553.